The number of aromatic nitrogens is 3. The standard InChI is InChI=1S/C20H36N8O2/c1-4-17-24-18-7-6-16(15-28(18)25-17)23-20(22-14-19(29)26(2)3)21-8-5-9-27-10-12-30-13-11-27/h16H,4-15H2,1-3H3,(H2,21,22,23). The number of ether oxygens (including phenoxy) is 1. The molecule has 0 aliphatic carbocycles. The van der Waals surface area contributed by atoms with E-state index in [4.69, 9.17) is 4.74 Å². The van der Waals surface area contributed by atoms with Crippen LogP contribution in [0.5, 0.6) is 0 Å². The van der Waals surface area contributed by atoms with E-state index < -0.39 is 0 Å². The fourth-order valence-corrected chi connectivity index (χ4v) is 3.60. The molecule has 2 N–H and O–H groups in total. The van der Waals surface area contributed by atoms with Crippen molar-refractivity contribution < 1.29 is 9.53 Å². The van der Waals surface area contributed by atoms with E-state index in [-0.39, 0.29) is 18.5 Å². The molecule has 2 aliphatic rings. The van der Waals surface area contributed by atoms with Gasteiger partial charge in [0.25, 0.3) is 0 Å². The average molecular weight is 421 g/mol. The number of aryl methyl sites for hydroxylation is 2. The molecule has 2 aliphatic heterocycles. The van der Waals surface area contributed by atoms with Crippen molar-refractivity contribution in [1.29, 1.82) is 0 Å². The van der Waals surface area contributed by atoms with Gasteiger partial charge in [-0.2, -0.15) is 5.10 Å². The highest BCUT2D eigenvalue weighted by Crippen LogP contribution is 2.13. The van der Waals surface area contributed by atoms with E-state index in [0.717, 1.165) is 83.3 Å². The number of morpholine rings is 1. The monoisotopic (exact) mass is 420 g/mol. The van der Waals surface area contributed by atoms with Crippen LogP contribution in [-0.4, -0.2) is 103 Å². The second-order valence-electron chi connectivity index (χ2n) is 8.05. The molecule has 0 bridgehead atoms. The molecule has 30 heavy (non-hydrogen) atoms. The Kier molecular flexibility index (Phi) is 8.44. The third kappa shape index (κ3) is 6.66. The molecule has 0 radical (unpaired) electrons. The zero-order valence-corrected chi connectivity index (χ0v) is 18.6. The molecular weight excluding hydrogens is 384 g/mol. The molecule has 1 amide bonds. The maximum absolute atomic E-state index is 12.0. The number of fused-ring (bicyclic) bond motifs is 1. The van der Waals surface area contributed by atoms with Gasteiger partial charge in [-0.25, -0.2) is 14.7 Å². The van der Waals surface area contributed by atoms with Crippen molar-refractivity contribution in [1.82, 2.24) is 35.2 Å². The number of carbonyl (C=O) groups excluding carboxylic acids is 1. The number of nitrogens with zero attached hydrogens (tertiary/aromatic N) is 6. The summed E-state index contributed by atoms with van der Waals surface area (Å²) >= 11 is 0. The van der Waals surface area contributed by atoms with Crippen molar-refractivity contribution in [3.63, 3.8) is 0 Å². The van der Waals surface area contributed by atoms with Crippen LogP contribution in [0.1, 0.15) is 31.4 Å². The fraction of sp³-hybridized carbons (Fsp3) is 0.800. The van der Waals surface area contributed by atoms with Crippen molar-refractivity contribution >= 4 is 11.9 Å². The third-order valence-corrected chi connectivity index (χ3v) is 5.48. The molecule has 10 heteroatoms. The SMILES string of the molecule is CCc1nc2n(n1)CC(NC(=NCC(=O)N(C)C)NCCCN1CCOCC1)CC2. The van der Waals surface area contributed by atoms with Crippen molar-refractivity contribution in [2.45, 2.75) is 45.2 Å². The fourth-order valence-electron chi connectivity index (χ4n) is 3.60. The van der Waals surface area contributed by atoms with E-state index in [1.54, 1.807) is 19.0 Å². The molecule has 1 atom stereocenters. The molecular formula is C20H36N8O2. The number of hydrogen-bond acceptors (Lipinski definition) is 6. The van der Waals surface area contributed by atoms with Crippen molar-refractivity contribution in [3.8, 4) is 0 Å². The lowest BCUT2D eigenvalue weighted by Crippen LogP contribution is -2.48. The Morgan fingerprint density at radius 2 is 2.13 bits per heavy atom. The molecule has 1 aromatic heterocycles. The Morgan fingerprint density at radius 1 is 1.33 bits per heavy atom. The summed E-state index contributed by atoms with van der Waals surface area (Å²) < 4.78 is 7.40. The largest absolute Gasteiger partial charge is 0.379 e. The Balaban J connectivity index is 1.52. The molecule has 0 aromatic carbocycles. The van der Waals surface area contributed by atoms with Crippen LogP contribution in [0.15, 0.2) is 4.99 Å². The molecule has 1 aromatic rings. The highest BCUT2D eigenvalue weighted by molar-refractivity contribution is 5.84. The first kappa shape index (κ1) is 22.5. The maximum Gasteiger partial charge on any atom is 0.243 e. The molecule has 3 rings (SSSR count). The molecule has 0 saturated carbocycles. The van der Waals surface area contributed by atoms with Crippen LogP contribution in [-0.2, 0) is 28.9 Å². The number of hydrogen-bond donors (Lipinski definition) is 2. The molecule has 3 heterocycles. The van der Waals surface area contributed by atoms with Gasteiger partial charge in [0, 0.05) is 52.6 Å². The predicted octanol–water partition coefficient (Wildman–Crippen LogP) is -0.499. The van der Waals surface area contributed by atoms with Gasteiger partial charge in [0.1, 0.15) is 12.4 Å². The first-order valence-electron chi connectivity index (χ1n) is 11.0. The van der Waals surface area contributed by atoms with Gasteiger partial charge < -0.3 is 20.3 Å². The summed E-state index contributed by atoms with van der Waals surface area (Å²) in [5.74, 6) is 2.64. The third-order valence-electron chi connectivity index (χ3n) is 5.48. The minimum atomic E-state index is -0.0146. The van der Waals surface area contributed by atoms with Crippen LogP contribution in [0.2, 0.25) is 0 Å². The van der Waals surface area contributed by atoms with E-state index in [2.05, 4.69) is 37.5 Å². The maximum atomic E-state index is 12.0. The van der Waals surface area contributed by atoms with Gasteiger partial charge in [0.2, 0.25) is 5.91 Å². The van der Waals surface area contributed by atoms with Crippen LogP contribution in [0, 0.1) is 0 Å². The Bertz CT molecular complexity index is 712. The summed E-state index contributed by atoms with van der Waals surface area (Å²) in [5, 5.41) is 11.5. The second-order valence-corrected chi connectivity index (χ2v) is 8.05. The number of nitrogens with one attached hydrogen (secondary N) is 2. The van der Waals surface area contributed by atoms with Gasteiger partial charge in [-0.15, -0.1) is 0 Å². The summed E-state index contributed by atoms with van der Waals surface area (Å²) in [6.45, 7) is 8.44. The Hall–Kier alpha value is -2.20. The molecule has 1 unspecified atom stereocenters. The van der Waals surface area contributed by atoms with Gasteiger partial charge in [0.15, 0.2) is 11.8 Å². The van der Waals surface area contributed by atoms with E-state index in [0.29, 0.717) is 5.96 Å². The normalized spacial score (nSPS) is 20.0. The van der Waals surface area contributed by atoms with Crippen LogP contribution in [0.25, 0.3) is 0 Å². The lowest BCUT2D eigenvalue weighted by atomic mass is 10.1. The molecule has 1 fully saturated rings. The van der Waals surface area contributed by atoms with Crippen molar-refractivity contribution in [3.05, 3.63) is 11.6 Å². The van der Waals surface area contributed by atoms with E-state index in [1.807, 2.05) is 4.68 Å². The number of guanidine groups is 1. The molecule has 10 nitrogen and oxygen atoms in total. The molecule has 0 spiro atoms. The van der Waals surface area contributed by atoms with Crippen LogP contribution in [0.4, 0.5) is 0 Å². The van der Waals surface area contributed by atoms with Crippen LogP contribution in [0.3, 0.4) is 0 Å². The van der Waals surface area contributed by atoms with Gasteiger partial charge in [-0.3, -0.25) is 9.69 Å². The van der Waals surface area contributed by atoms with Crippen LogP contribution >= 0.6 is 0 Å². The Labute approximate surface area is 179 Å². The van der Waals surface area contributed by atoms with E-state index in [9.17, 15) is 4.79 Å². The second kappa shape index (κ2) is 11.3. The quantitative estimate of drug-likeness (QED) is 0.332. The number of likely N-dealkylation sites (N-methyl/N-ethyl adjacent to an activating group) is 1. The van der Waals surface area contributed by atoms with Gasteiger partial charge >= 0.3 is 0 Å². The van der Waals surface area contributed by atoms with E-state index in [1.165, 1.54) is 0 Å². The Morgan fingerprint density at radius 3 is 2.87 bits per heavy atom. The smallest absolute Gasteiger partial charge is 0.243 e. The number of carbonyl (C=O) groups is 1. The van der Waals surface area contributed by atoms with Gasteiger partial charge in [0.05, 0.1) is 19.8 Å². The zero-order valence-electron chi connectivity index (χ0n) is 18.6. The number of rotatable bonds is 8. The predicted molar refractivity (Wildman–Crippen MR) is 116 cm³/mol. The average Bonchev–Trinajstić information content (AvgIpc) is 3.17. The zero-order chi connectivity index (χ0) is 21.3. The molecule has 168 valence electrons. The van der Waals surface area contributed by atoms with Gasteiger partial charge in [-0.05, 0) is 19.4 Å². The first-order valence-corrected chi connectivity index (χ1v) is 11.0. The van der Waals surface area contributed by atoms with Crippen molar-refractivity contribution in [2.24, 2.45) is 4.99 Å². The minimum Gasteiger partial charge on any atom is -0.379 e. The summed E-state index contributed by atoms with van der Waals surface area (Å²) in [5.41, 5.74) is 0. The number of amides is 1. The summed E-state index contributed by atoms with van der Waals surface area (Å²) in [4.78, 5) is 25.1. The van der Waals surface area contributed by atoms with Crippen molar-refractivity contribution in [2.75, 3.05) is 60.0 Å². The highest BCUT2D eigenvalue weighted by atomic mass is 16.5. The summed E-state index contributed by atoms with van der Waals surface area (Å²) in [7, 11) is 3.50. The lowest BCUT2D eigenvalue weighted by molar-refractivity contribution is -0.127. The highest BCUT2D eigenvalue weighted by Gasteiger charge is 2.22. The number of aliphatic imine (C=N–C) groups is 1. The minimum absolute atomic E-state index is 0.0146. The van der Waals surface area contributed by atoms with E-state index >= 15 is 0 Å². The van der Waals surface area contributed by atoms with Gasteiger partial charge in [-0.1, -0.05) is 6.92 Å². The summed E-state index contributed by atoms with van der Waals surface area (Å²) in [6, 6.07) is 0.212. The first-order chi connectivity index (χ1) is 14.5. The molecule has 1 saturated heterocycles. The topological polar surface area (TPSA) is 99.9 Å². The summed E-state index contributed by atoms with van der Waals surface area (Å²) in [6.07, 6.45) is 3.73. The lowest BCUT2D eigenvalue weighted by Gasteiger charge is -2.27. The van der Waals surface area contributed by atoms with Crippen LogP contribution < -0.4 is 10.6 Å².